The van der Waals surface area contributed by atoms with Gasteiger partial charge in [0.05, 0.1) is 0 Å². The molecular weight excluding hydrogens is 172 g/mol. The monoisotopic (exact) mass is 192 g/mol. The summed E-state index contributed by atoms with van der Waals surface area (Å²) in [5.41, 5.74) is 1.34. The lowest BCUT2D eigenvalue weighted by Gasteiger charge is -2.18. The Morgan fingerprint density at radius 2 is 2.14 bits per heavy atom. The molecule has 0 aromatic carbocycles. The van der Waals surface area contributed by atoms with Gasteiger partial charge in [0, 0.05) is 18.9 Å². The first-order valence-electron chi connectivity index (χ1n) is 5.48. The topological polar surface area (TPSA) is 16.1 Å². The maximum absolute atomic E-state index is 4.12. The number of rotatable bonds is 6. The summed E-state index contributed by atoms with van der Waals surface area (Å²) in [4.78, 5) is 6.60. The third-order valence-corrected chi connectivity index (χ3v) is 2.43. The van der Waals surface area contributed by atoms with Gasteiger partial charge in [-0.05, 0) is 37.6 Å². The van der Waals surface area contributed by atoms with Gasteiger partial charge in [-0.2, -0.15) is 0 Å². The predicted molar refractivity (Wildman–Crippen MR) is 60.3 cm³/mol. The van der Waals surface area contributed by atoms with E-state index in [4.69, 9.17) is 0 Å². The van der Waals surface area contributed by atoms with E-state index in [0.29, 0.717) is 0 Å². The highest BCUT2D eigenvalue weighted by Gasteiger charge is 2.00. The van der Waals surface area contributed by atoms with Gasteiger partial charge in [0.2, 0.25) is 0 Å². The summed E-state index contributed by atoms with van der Waals surface area (Å²) in [5.74, 6) is 0. The van der Waals surface area contributed by atoms with Crippen molar-refractivity contribution < 1.29 is 0 Å². The van der Waals surface area contributed by atoms with Crippen molar-refractivity contribution in [2.75, 3.05) is 19.6 Å². The molecule has 0 saturated carbocycles. The summed E-state index contributed by atoms with van der Waals surface area (Å²) in [5, 5.41) is 0. The quantitative estimate of drug-likeness (QED) is 0.688. The van der Waals surface area contributed by atoms with Crippen LogP contribution in [-0.4, -0.2) is 29.5 Å². The molecule has 1 aromatic rings. The fraction of sp³-hybridized carbons (Fsp3) is 0.583. The molecule has 0 aliphatic heterocycles. The van der Waals surface area contributed by atoms with Crippen molar-refractivity contribution in [1.82, 2.24) is 9.88 Å². The van der Waals surface area contributed by atoms with Gasteiger partial charge in [-0.1, -0.05) is 19.9 Å². The van der Waals surface area contributed by atoms with Crippen LogP contribution in [0, 0.1) is 0 Å². The van der Waals surface area contributed by atoms with Gasteiger partial charge in [-0.15, -0.1) is 0 Å². The minimum Gasteiger partial charge on any atom is -0.303 e. The molecule has 2 nitrogen and oxygen atoms in total. The second-order valence-corrected chi connectivity index (χ2v) is 3.55. The molecule has 1 heterocycles. The van der Waals surface area contributed by atoms with Crippen molar-refractivity contribution in [2.24, 2.45) is 0 Å². The van der Waals surface area contributed by atoms with Crippen LogP contribution in [-0.2, 0) is 6.42 Å². The van der Waals surface area contributed by atoms with E-state index >= 15 is 0 Å². The van der Waals surface area contributed by atoms with Crippen LogP contribution in [0.2, 0.25) is 0 Å². The van der Waals surface area contributed by atoms with Crippen LogP contribution >= 0.6 is 0 Å². The number of hydrogen-bond acceptors (Lipinski definition) is 2. The van der Waals surface area contributed by atoms with Crippen molar-refractivity contribution in [3.8, 4) is 0 Å². The van der Waals surface area contributed by atoms with Crippen LogP contribution in [0.3, 0.4) is 0 Å². The molecule has 0 fully saturated rings. The Morgan fingerprint density at radius 1 is 1.29 bits per heavy atom. The van der Waals surface area contributed by atoms with E-state index in [1.165, 1.54) is 18.5 Å². The Balaban J connectivity index is 2.32. The van der Waals surface area contributed by atoms with Crippen molar-refractivity contribution >= 4 is 0 Å². The Morgan fingerprint density at radius 3 is 2.71 bits per heavy atom. The Bertz CT molecular complexity index is 233. The molecule has 14 heavy (non-hydrogen) atoms. The molecule has 0 radical (unpaired) electrons. The Hall–Kier alpha value is -0.890. The lowest BCUT2D eigenvalue weighted by atomic mass is 10.2. The van der Waals surface area contributed by atoms with E-state index in [9.17, 15) is 0 Å². The van der Waals surface area contributed by atoms with Gasteiger partial charge in [-0.25, -0.2) is 0 Å². The summed E-state index contributed by atoms with van der Waals surface area (Å²) < 4.78 is 0. The minimum absolute atomic E-state index is 1.11. The minimum atomic E-state index is 1.11. The second kappa shape index (κ2) is 6.55. The summed E-state index contributed by atoms with van der Waals surface area (Å²) in [6, 6.07) is 4.15. The molecule has 0 bridgehead atoms. The molecule has 0 spiro atoms. The Kier molecular flexibility index (Phi) is 5.23. The molecule has 1 rings (SSSR count). The Labute approximate surface area is 87.0 Å². The van der Waals surface area contributed by atoms with E-state index in [2.05, 4.69) is 29.8 Å². The second-order valence-electron chi connectivity index (χ2n) is 3.55. The van der Waals surface area contributed by atoms with E-state index in [0.717, 1.165) is 19.5 Å². The van der Waals surface area contributed by atoms with Gasteiger partial charge < -0.3 is 4.90 Å². The third-order valence-electron chi connectivity index (χ3n) is 2.43. The zero-order chi connectivity index (χ0) is 10.2. The summed E-state index contributed by atoms with van der Waals surface area (Å²) >= 11 is 0. The molecule has 0 saturated heterocycles. The summed E-state index contributed by atoms with van der Waals surface area (Å²) in [7, 11) is 0. The highest BCUT2D eigenvalue weighted by Crippen LogP contribution is 2.00. The fourth-order valence-electron chi connectivity index (χ4n) is 1.58. The van der Waals surface area contributed by atoms with E-state index < -0.39 is 0 Å². The zero-order valence-electron chi connectivity index (χ0n) is 9.24. The molecule has 0 atom stereocenters. The molecular formula is C12H20N2. The van der Waals surface area contributed by atoms with Gasteiger partial charge in [0.15, 0.2) is 0 Å². The highest BCUT2D eigenvalue weighted by atomic mass is 15.1. The van der Waals surface area contributed by atoms with Crippen LogP contribution in [0.4, 0.5) is 0 Å². The third kappa shape index (κ3) is 3.88. The molecule has 1 aromatic heterocycles. The van der Waals surface area contributed by atoms with Crippen LogP contribution in [0.1, 0.15) is 25.8 Å². The van der Waals surface area contributed by atoms with Crippen molar-refractivity contribution in [3.63, 3.8) is 0 Å². The van der Waals surface area contributed by atoms with Crippen LogP contribution in [0.15, 0.2) is 24.5 Å². The smallest absolute Gasteiger partial charge is 0.0300 e. The van der Waals surface area contributed by atoms with Crippen molar-refractivity contribution in [3.05, 3.63) is 30.1 Å². The van der Waals surface area contributed by atoms with Crippen LogP contribution in [0.25, 0.3) is 0 Å². The summed E-state index contributed by atoms with van der Waals surface area (Å²) in [6.07, 6.45) is 6.13. The van der Waals surface area contributed by atoms with Gasteiger partial charge in [-0.3, -0.25) is 4.98 Å². The summed E-state index contributed by atoms with van der Waals surface area (Å²) in [6.45, 7) is 7.95. The number of likely N-dealkylation sites (N-methyl/N-ethyl adjacent to an activating group) is 1. The lowest BCUT2D eigenvalue weighted by molar-refractivity contribution is 0.292. The van der Waals surface area contributed by atoms with Crippen LogP contribution in [0.5, 0.6) is 0 Å². The maximum atomic E-state index is 4.12. The largest absolute Gasteiger partial charge is 0.303 e. The molecule has 0 N–H and O–H groups in total. The van der Waals surface area contributed by atoms with Gasteiger partial charge in [0.1, 0.15) is 0 Å². The average molecular weight is 192 g/mol. The average Bonchev–Trinajstić information content (AvgIpc) is 2.25. The lowest BCUT2D eigenvalue weighted by Crippen LogP contribution is -2.26. The fourth-order valence-corrected chi connectivity index (χ4v) is 1.58. The zero-order valence-corrected chi connectivity index (χ0v) is 9.24. The SMILES string of the molecule is CCCN(CC)CCc1cccnc1. The van der Waals surface area contributed by atoms with E-state index in [1.807, 2.05) is 18.5 Å². The molecule has 0 aliphatic rings. The van der Waals surface area contributed by atoms with Crippen LogP contribution < -0.4 is 0 Å². The standard InChI is InChI=1S/C12H20N2/c1-3-9-14(4-2)10-7-12-6-5-8-13-11-12/h5-6,8,11H,3-4,7,9-10H2,1-2H3. The number of nitrogens with zero attached hydrogens (tertiary/aromatic N) is 2. The maximum Gasteiger partial charge on any atom is 0.0300 e. The van der Waals surface area contributed by atoms with E-state index in [1.54, 1.807) is 0 Å². The number of hydrogen-bond donors (Lipinski definition) is 0. The predicted octanol–water partition coefficient (Wildman–Crippen LogP) is 2.36. The van der Waals surface area contributed by atoms with Gasteiger partial charge >= 0.3 is 0 Å². The molecule has 0 aliphatic carbocycles. The van der Waals surface area contributed by atoms with E-state index in [-0.39, 0.29) is 0 Å². The van der Waals surface area contributed by atoms with Crippen molar-refractivity contribution in [2.45, 2.75) is 26.7 Å². The van der Waals surface area contributed by atoms with Crippen molar-refractivity contribution in [1.29, 1.82) is 0 Å². The number of pyridine rings is 1. The molecule has 78 valence electrons. The van der Waals surface area contributed by atoms with Gasteiger partial charge in [0.25, 0.3) is 0 Å². The molecule has 2 heteroatoms. The first-order chi connectivity index (χ1) is 6.86. The first-order valence-corrected chi connectivity index (χ1v) is 5.48. The highest BCUT2D eigenvalue weighted by molar-refractivity contribution is 5.08. The molecule has 0 unspecified atom stereocenters. The normalized spacial score (nSPS) is 10.8. The first kappa shape index (κ1) is 11.2. The molecule has 0 amide bonds. The number of aromatic nitrogens is 1.